The molecule has 6 unspecified atom stereocenters. The Morgan fingerprint density at radius 3 is 1.43 bits per heavy atom. The van der Waals surface area contributed by atoms with Gasteiger partial charge in [-0.05, 0) is 148 Å². The SMILES string of the molecule is C[C@]12CC[C@H](C(C(=O)O)[C@H]3CC[C@@]4(C)C(=CCC5C4CC[C@]4(C)C(=O)CCC54)C3)CC1=CCC1C2CC[C@]2(C)C(=O)CCC12. The minimum Gasteiger partial charge on any atom is -0.481 e. The van der Waals surface area contributed by atoms with Gasteiger partial charge in [0.15, 0.2) is 0 Å². The van der Waals surface area contributed by atoms with E-state index in [0.29, 0.717) is 47.1 Å². The third-order valence-corrected chi connectivity index (χ3v) is 17.0. The average molecular weight is 601 g/mol. The third-order valence-electron chi connectivity index (χ3n) is 17.0. The fourth-order valence-corrected chi connectivity index (χ4v) is 14.3. The number of rotatable bonds is 3. The van der Waals surface area contributed by atoms with Crippen LogP contribution >= 0.6 is 0 Å². The van der Waals surface area contributed by atoms with Crippen molar-refractivity contribution in [3.8, 4) is 0 Å². The maximum absolute atomic E-state index is 13.1. The minimum atomic E-state index is -0.563. The van der Waals surface area contributed by atoms with Gasteiger partial charge in [-0.2, -0.15) is 0 Å². The zero-order valence-electron chi connectivity index (χ0n) is 27.8. The van der Waals surface area contributed by atoms with Gasteiger partial charge in [0.1, 0.15) is 11.6 Å². The van der Waals surface area contributed by atoms with E-state index in [0.717, 1.165) is 103 Å². The van der Waals surface area contributed by atoms with Gasteiger partial charge in [0.25, 0.3) is 0 Å². The lowest BCUT2D eigenvalue weighted by atomic mass is 9.46. The Hall–Kier alpha value is -1.71. The molecular formula is C40H56O4. The van der Waals surface area contributed by atoms with Crippen LogP contribution in [-0.2, 0) is 14.4 Å². The van der Waals surface area contributed by atoms with Crippen LogP contribution in [0.1, 0.15) is 130 Å². The quantitative estimate of drug-likeness (QED) is 0.328. The number of allylic oxidation sites excluding steroid dienone is 4. The number of Topliss-reactive ketones (excluding diaryl/α,β-unsaturated/α-hetero) is 2. The summed E-state index contributed by atoms with van der Waals surface area (Å²) >= 11 is 0. The van der Waals surface area contributed by atoms with E-state index in [-0.39, 0.29) is 39.4 Å². The second kappa shape index (κ2) is 9.90. The molecular weight excluding hydrogens is 544 g/mol. The number of ketones is 2. The van der Waals surface area contributed by atoms with Crippen LogP contribution in [0.4, 0.5) is 0 Å². The lowest BCUT2D eigenvalue weighted by Gasteiger charge is -2.58. The van der Waals surface area contributed by atoms with E-state index in [1.54, 1.807) is 11.1 Å². The van der Waals surface area contributed by atoms with Crippen LogP contribution in [0.5, 0.6) is 0 Å². The van der Waals surface area contributed by atoms with Crippen molar-refractivity contribution >= 4 is 17.5 Å². The Kier molecular flexibility index (Phi) is 6.68. The number of carbonyl (C=O) groups is 3. The van der Waals surface area contributed by atoms with Gasteiger partial charge in [-0.25, -0.2) is 0 Å². The number of carboxylic acids is 1. The standard InChI is InChI=1S/C40H56O4/c1-37-17-13-23(21-25(37)5-7-27-29-9-11-33(41)39(29,3)19-15-31(27)37)35(36(43)44)24-14-18-38(2)26(22-24)6-8-28-30-10-12-34(42)40(30,4)20-16-32(28)38/h5-6,23-24,27-32,35H,7-22H2,1-4H3,(H,43,44)/t23-,24-,27?,28?,29?,30?,31?,32?,35?,37-,38-,39-,40-/m0/s1. The predicted octanol–water partition coefficient (Wildman–Crippen LogP) is 8.98. The van der Waals surface area contributed by atoms with Gasteiger partial charge in [0, 0.05) is 23.7 Å². The first-order valence-electron chi connectivity index (χ1n) is 18.6. The first-order valence-corrected chi connectivity index (χ1v) is 18.6. The zero-order valence-corrected chi connectivity index (χ0v) is 27.8. The largest absolute Gasteiger partial charge is 0.481 e. The second-order valence-corrected chi connectivity index (χ2v) is 18.2. The molecule has 4 heteroatoms. The maximum Gasteiger partial charge on any atom is 0.307 e. The van der Waals surface area contributed by atoms with E-state index < -0.39 is 5.97 Å². The van der Waals surface area contributed by atoms with Crippen LogP contribution < -0.4 is 0 Å². The van der Waals surface area contributed by atoms with E-state index in [9.17, 15) is 19.5 Å². The molecule has 8 rings (SSSR count). The monoisotopic (exact) mass is 600 g/mol. The van der Waals surface area contributed by atoms with Gasteiger partial charge >= 0.3 is 5.97 Å². The molecule has 0 radical (unpaired) electrons. The van der Waals surface area contributed by atoms with Gasteiger partial charge in [-0.3, -0.25) is 14.4 Å². The van der Waals surface area contributed by atoms with Gasteiger partial charge in [-0.1, -0.05) is 51.0 Å². The molecule has 4 nitrogen and oxygen atoms in total. The van der Waals surface area contributed by atoms with Gasteiger partial charge in [0.2, 0.25) is 0 Å². The summed E-state index contributed by atoms with van der Waals surface area (Å²) in [5.41, 5.74) is 3.29. The molecule has 6 saturated carbocycles. The summed E-state index contributed by atoms with van der Waals surface area (Å²) in [6.45, 7) is 9.53. The number of aliphatic carboxylic acids is 1. The van der Waals surface area contributed by atoms with Crippen molar-refractivity contribution in [2.45, 2.75) is 130 Å². The molecule has 12 atom stereocenters. The van der Waals surface area contributed by atoms with Crippen molar-refractivity contribution in [2.24, 2.45) is 74.9 Å². The molecule has 240 valence electrons. The molecule has 0 aromatic rings. The zero-order chi connectivity index (χ0) is 30.8. The molecule has 8 aliphatic carbocycles. The summed E-state index contributed by atoms with van der Waals surface area (Å²) in [6.07, 6.45) is 21.6. The highest BCUT2D eigenvalue weighted by molar-refractivity contribution is 5.87. The number of carboxylic acid groups (broad SMARTS) is 1. The Bertz CT molecular complexity index is 1250. The smallest absolute Gasteiger partial charge is 0.307 e. The number of carbonyl (C=O) groups excluding carboxylic acids is 2. The molecule has 0 aromatic heterocycles. The van der Waals surface area contributed by atoms with Crippen LogP contribution in [-0.4, -0.2) is 22.6 Å². The van der Waals surface area contributed by atoms with Crippen LogP contribution in [0.15, 0.2) is 23.3 Å². The molecule has 0 aromatic carbocycles. The van der Waals surface area contributed by atoms with E-state index in [1.165, 1.54) is 0 Å². The Labute approximate surface area is 265 Å². The summed E-state index contributed by atoms with van der Waals surface area (Å²) in [7, 11) is 0. The summed E-state index contributed by atoms with van der Waals surface area (Å²) in [6, 6.07) is 0. The highest BCUT2D eigenvalue weighted by Crippen LogP contribution is 2.67. The summed E-state index contributed by atoms with van der Waals surface area (Å²) in [4.78, 5) is 38.8. The maximum atomic E-state index is 13.1. The fraction of sp³-hybridized carbons (Fsp3) is 0.825. The number of hydrogen-bond donors (Lipinski definition) is 1. The Morgan fingerprint density at radius 2 is 1.02 bits per heavy atom. The van der Waals surface area contributed by atoms with Crippen molar-refractivity contribution in [3.05, 3.63) is 23.3 Å². The van der Waals surface area contributed by atoms with Crippen LogP contribution in [0.25, 0.3) is 0 Å². The highest BCUT2D eigenvalue weighted by Gasteiger charge is 2.61. The average Bonchev–Trinajstić information content (AvgIpc) is 3.47. The van der Waals surface area contributed by atoms with Gasteiger partial charge in [0.05, 0.1) is 5.92 Å². The van der Waals surface area contributed by atoms with E-state index in [1.807, 2.05) is 0 Å². The van der Waals surface area contributed by atoms with E-state index in [2.05, 4.69) is 39.8 Å². The molecule has 0 bridgehead atoms. The normalized spacial score (nSPS) is 51.9. The topological polar surface area (TPSA) is 71.4 Å². The lowest BCUT2D eigenvalue weighted by Crippen LogP contribution is -2.51. The Morgan fingerprint density at radius 1 is 0.636 bits per heavy atom. The summed E-state index contributed by atoms with van der Waals surface area (Å²) in [5, 5.41) is 10.8. The predicted molar refractivity (Wildman–Crippen MR) is 172 cm³/mol. The van der Waals surface area contributed by atoms with Gasteiger partial charge < -0.3 is 5.11 Å². The molecule has 0 heterocycles. The molecule has 6 fully saturated rings. The summed E-state index contributed by atoms with van der Waals surface area (Å²) < 4.78 is 0. The molecule has 8 aliphatic rings. The molecule has 0 amide bonds. The van der Waals surface area contributed by atoms with Crippen LogP contribution in [0.3, 0.4) is 0 Å². The fourth-order valence-electron chi connectivity index (χ4n) is 14.3. The lowest BCUT2D eigenvalue weighted by molar-refractivity contribution is -0.148. The first-order chi connectivity index (χ1) is 20.9. The molecule has 0 spiro atoms. The van der Waals surface area contributed by atoms with Crippen LogP contribution in [0.2, 0.25) is 0 Å². The van der Waals surface area contributed by atoms with Crippen molar-refractivity contribution in [2.75, 3.05) is 0 Å². The minimum absolute atomic E-state index is 0.0937. The molecule has 44 heavy (non-hydrogen) atoms. The van der Waals surface area contributed by atoms with E-state index >= 15 is 0 Å². The Balaban J connectivity index is 1.00. The van der Waals surface area contributed by atoms with Crippen molar-refractivity contribution in [1.29, 1.82) is 0 Å². The van der Waals surface area contributed by atoms with Gasteiger partial charge in [-0.15, -0.1) is 0 Å². The van der Waals surface area contributed by atoms with Crippen LogP contribution in [0, 0.1) is 74.9 Å². The number of fused-ring (bicyclic) bond motifs is 10. The van der Waals surface area contributed by atoms with Crippen molar-refractivity contribution in [3.63, 3.8) is 0 Å². The molecule has 0 aliphatic heterocycles. The number of hydrogen-bond acceptors (Lipinski definition) is 3. The van der Waals surface area contributed by atoms with Crippen molar-refractivity contribution in [1.82, 2.24) is 0 Å². The second-order valence-electron chi connectivity index (χ2n) is 18.2. The highest BCUT2D eigenvalue weighted by atomic mass is 16.4. The summed E-state index contributed by atoms with van der Waals surface area (Å²) in [5.74, 6) is 4.30. The van der Waals surface area contributed by atoms with E-state index in [4.69, 9.17) is 0 Å². The van der Waals surface area contributed by atoms with Crippen molar-refractivity contribution < 1.29 is 19.5 Å². The third kappa shape index (κ3) is 3.90. The molecule has 1 N–H and O–H groups in total. The first kappa shape index (κ1) is 29.7. The molecule has 0 saturated heterocycles.